The van der Waals surface area contributed by atoms with Crippen LogP contribution in [-0.2, 0) is 11.3 Å². The van der Waals surface area contributed by atoms with Crippen molar-refractivity contribution in [1.29, 1.82) is 0 Å². The Morgan fingerprint density at radius 2 is 2.00 bits per heavy atom. The molecule has 1 fully saturated rings. The lowest BCUT2D eigenvalue weighted by molar-refractivity contribution is -0.126. The highest BCUT2D eigenvalue weighted by Gasteiger charge is 2.31. The first kappa shape index (κ1) is 15.0. The van der Waals surface area contributed by atoms with Gasteiger partial charge in [-0.15, -0.1) is 0 Å². The van der Waals surface area contributed by atoms with E-state index < -0.39 is 0 Å². The second-order valence-electron chi connectivity index (χ2n) is 6.15. The lowest BCUT2D eigenvalue weighted by Crippen LogP contribution is -2.34. The van der Waals surface area contributed by atoms with Crippen LogP contribution in [0.1, 0.15) is 50.2 Å². The summed E-state index contributed by atoms with van der Waals surface area (Å²) in [6.07, 6.45) is 3.21. The predicted molar refractivity (Wildman–Crippen MR) is 82.3 cm³/mol. The molecule has 20 heavy (non-hydrogen) atoms. The molecule has 2 rings (SSSR count). The first-order chi connectivity index (χ1) is 9.61. The number of nitrogens with one attached hydrogen (secondary N) is 1. The van der Waals surface area contributed by atoms with Gasteiger partial charge in [-0.1, -0.05) is 44.5 Å². The molecule has 3 nitrogen and oxygen atoms in total. The Morgan fingerprint density at radius 3 is 2.60 bits per heavy atom. The van der Waals surface area contributed by atoms with E-state index in [1.54, 1.807) is 0 Å². The summed E-state index contributed by atoms with van der Waals surface area (Å²) in [4.78, 5) is 12.2. The Labute approximate surface area is 121 Å². The molecule has 1 aliphatic rings. The molecule has 2 atom stereocenters. The third-order valence-electron chi connectivity index (χ3n) is 4.41. The van der Waals surface area contributed by atoms with Gasteiger partial charge in [0.25, 0.3) is 0 Å². The molecule has 0 heterocycles. The van der Waals surface area contributed by atoms with Gasteiger partial charge in [0.2, 0.25) is 5.91 Å². The van der Waals surface area contributed by atoms with Gasteiger partial charge < -0.3 is 11.1 Å². The molecule has 0 spiro atoms. The Balaban J connectivity index is 1.87. The van der Waals surface area contributed by atoms with E-state index in [9.17, 15) is 4.79 Å². The van der Waals surface area contributed by atoms with Crippen LogP contribution in [0.2, 0.25) is 0 Å². The Kier molecular flexibility index (Phi) is 5.18. The van der Waals surface area contributed by atoms with Crippen LogP contribution < -0.4 is 11.1 Å². The van der Waals surface area contributed by atoms with E-state index in [2.05, 4.69) is 43.4 Å². The minimum absolute atomic E-state index is 0.120. The minimum atomic E-state index is 0.120. The van der Waals surface area contributed by atoms with E-state index in [0.29, 0.717) is 24.9 Å². The van der Waals surface area contributed by atoms with Gasteiger partial charge in [0.15, 0.2) is 0 Å². The van der Waals surface area contributed by atoms with Crippen molar-refractivity contribution in [3.63, 3.8) is 0 Å². The highest BCUT2D eigenvalue weighted by atomic mass is 16.1. The highest BCUT2D eigenvalue weighted by molar-refractivity contribution is 5.79. The van der Waals surface area contributed by atoms with Gasteiger partial charge in [0, 0.05) is 12.5 Å². The molecule has 3 heteroatoms. The molecule has 0 bridgehead atoms. The van der Waals surface area contributed by atoms with E-state index in [4.69, 9.17) is 5.73 Å². The molecule has 0 aliphatic heterocycles. The molecule has 3 N–H and O–H groups in total. The summed E-state index contributed by atoms with van der Waals surface area (Å²) >= 11 is 0. The van der Waals surface area contributed by atoms with Crippen molar-refractivity contribution in [2.24, 2.45) is 17.6 Å². The van der Waals surface area contributed by atoms with Crippen molar-refractivity contribution in [3.8, 4) is 0 Å². The second-order valence-corrected chi connectivity index (χ2v) is 6.15. The Bertz CT molecular complexity index is 439. The van der Waals surface area contributed by atoms with E-state index >= 15 is 0 Å². The van der Waals surface area contributed by atoms with Crippen molar-refractivity contribution in [3.05, 3.63) is 35.4 Å². The molecule has 0 radical (unpaired) electrons. The number of hydrogen-bond donors (Lipinski definition) is 2. The van der Waals surface area contributed by atoms with Crippen molar-refractivity contribution in [1.82, 2.24) is 5.32 Å². The van der Waals surface area contributed by atoms with Crippen LogP contribution in [0.3, 0.4) is 0 Å². The van der Waals surface area contributed by atoms with E-state index in [0.717, 1.165) is 24.8 Å². The molecular formula is C17H26N2O. The van der Waals surface area contributed by atoms with Crippen LogP contribution in [0.4, 0.5) is 0 Å². The molecular weight excluding hydrogens is 248 g/mol. The van der Waals surface area contributed by atoms with Crippen LogP contribution in [0.15, 0.2) is 24.3 Å². The summed E-state index contributed by atoms with van der Waals surface area (Å²) in [5.41, 5.74) is 8.22. The molecule has 0 saturated heterocycles. The van der Waals surface area contributed by atoms with Crippen LogP contribution >= 0.6 is 0 Å². The number of hydrogen-bond acceptors (Lipinski definition) is 2. The molecule has 1 aromatic carbocycles. The van der Waals surface area contributed by atoms with Gasteiger partial charge in [-0.05, 0) is 42.3 Å². The Morgan fingerprint density at radius 1 is 1.30 bits per heavy atom. The van der Waals surface area contributed by atoms with Gasteiger partial charge in [0.1, 0.15) is 0 Å². The quantitative estimate of drug-likeness (QED) is 0.867. The molecule has 1 amide bonds. The molecule has 1 aromatic rings. The number of benzene rings is 1. The summed E-state index contributed by atoms with van der Waals surface area (Å²) in [5.74, 6) is 1.21. The van der Waals surface area contributed by atoms with Crippen LogP contribution in [0.5, 0.6) is 0 Å². The van der Waals surface area contributed by atoms with Crippen LogP contribution in [0, 0.1) is 11.8 Å². The van der Waals surface area contributed by atoms with E-state index in [1.165, 1.54) is 5.56 Å². The maximum Gasteiger partial charge on any atom is 0.223 e. The number of nitrogens with two attached hydrogens (primary N) is 1. The van der Waals surface area contributed by atoms with Crippen molar-refractivity contribution in [2.45, 2.75) is 45.6 Å². The smallest absolute Gasteiger partial charge is 0.223 e. The zero-order chi connectivity index (χ0) is 14.5. The third-order valence-corrected chi connectivity index (χ3v) is 4.41. The van der Waals surface area contributed by atoms with Crippen molar-refractivity contribution >= 4 is 5.91 Å². The average molecular weight is 274 g/mol. The lowest BCUT2D eigenvalue weighted by Gasteiger charge is -2.17. The topological polar surface area (TPSA) is 55.1 Å². The number of rotatable bonds is 5. The SMILES string of the molecule is CC(C)c1ccc(CNC(=O)C2CCCC2CN)cc1. The fourth-order valence-corrected chi connectivity index (χ4v) is 3.00. The third kappa shape index (κ3) is 3.60. The van der Waals surface area contributed by atoms with Crippen LogP contribution in [-0.4, -0.2) is 12.5 Å². The second kappa shape index (κ2) is 6.89. The fraction of sp³-hybridized carbons (Fsp3) is 0.588. The summed E-state index contributed by atoms with van der Waals surface area (Å²) in [7, 11) is 0. The molecule has 2 unspecified atom stereocenters. The molecule has 1 aliphatic carbocycles. The minimum Gasteiger partial charge on any atom is -0.352 e. The molecule has 110 valence electrons. The summed E-state index contributed by atoms with van der Waals surface area (Å²) in [5, 5.41) is 3.06. The maximum absolute atomic E-state index is 12.2. The fourth-order valence-electron chi connectivity index (χ4n) is 3.00. The standard InChI is InChI=1S/C17H26N2O/c1-12(2)14-8-6-13(7-9-14)11-19-17(20)16-5-3-4-15(16)10-18/h6-9,12,15-16H,3-5,10-11,18H2,1-2H3,(H,19,20). The number of carbonyl (C=O) groups is 1. The van der Waals surface area contributed by atoms with E-state index in [-0.39, 0.29) is 11.8 Å². The summed E-state index contributed by atoms with van der Waals surface area (Å²) in [6, 6.07) is 8.49. The summed E-state index contributed by atoms with van der Waals surface area (Å²) < 4.78 is 0. The van der Waals surface area contributed by atoms with E-state index in [1.807, 2.05) is 0 Å². The highest BCUT2D eigenvalue weighted by Crippen LogP contribution is 2.31. The van der Waals surface area contributed by atoms with Crippen molar-refractivity contribution in [2.75, 3.05) is 6.54 Å². The normalized spacial score (nSPS) is 22.2. The van der Waals surface area contributed by atoms with Crippen LogP contribution in [0.25, 0.3) is 0 Å². The number of carbonyl (C=O) groups excluding carboxylic acids is 1. The largest absolute Gasteiger partial charge is 0.352 e. The maximum atomic E-state index is 12.2. The monoisotopic (exact) mass is 274 g/mol. The number of amides is 1. The predicted octanol–water partition coefficient (Wildman–Crippen LogP) is 2.80. The van der Waals surface area contributed by atoms with Gasteiger partial charge in [-0.3, -0.25) is 4.79 Å². The van der Waals surface area contributed by atoms with Gasteiger partial charge in [-0.2, -0.15) is 0 Å². The zero-order valence-electron chi connectivity index (χ0n) is 12.6. The zero-order valence-corrected chi connectivity index (χ0v) is 12.6. The first-order valence-corrected chi connectivity index (χ1v) is 7.68. The van der Waals surface area contributed by atoms with Gasteiger partial charge >= 0.3 is 0 Å². The van der Waals surface area contributed by atoms with Gasteiger partial charge in [0.05, 0.1) is 0 Å². The summed E-state index contributed by atoms with van der Waals surface area (Å²) in [6.45, 7) is 5.61. The van der Waals surface area contributed by atoms with Gasteiger partial charge in [-0.25, -0.2) is 0 Å². The Hall–Kier alpha value is -1.35. The average Bonchev–Trinajstić information content (AvgIpc) is 2.93. The van der Waals surface area contributed by atoms with Crippen molar-refractivity contribution < 1.29 is 4.79 Å². The first-order valence-electron chi connectivity index (χ1n) is 7.68. The molecule has 1 saturated carbocycles. The molecule has 0 aromatic heterocycles. The lowest BCUT2D eigenvalue weighted by atomic mass is 9.95.